The Hall–Kier alpha value is -2.05. The van der Waals surface area contributed by atoms with Crippen LogP contribution in [0.25, 0.3) is 16.9 Å². The van der Waals surface area contributed by atoms with E-state index in [9.17, 15) is 0 Å². The highest BCUT2D eigenvalue weighted by atomic mass is 79.9. The van der Waals surface area contributed by atoms with Crippen molar-refractivity contribution in [3.8, 4) is 17.0 Å². The van der Waals surface area contributed by atoms with Crippen molar-refractivity contribution in [1.82, 2.24) is 9.38 Å². The lowest BCUT2D eigenvalue weighted by Gasteiger charge is -2.13. The quantitative estimate of drug-likeness (QED) is 0.689. The molecule has 0 saturated carbocycles. The second-order valence-electron chi connectivity index (χ2n) is 6.13. The predicted molar refractivity (Wildman–Crippen MR) is 102 cm³/mol. The first-order valence-electron chi connectivity index (χ1n) is 8.42. The van der Waals surface area contributed by atoms with Crippen LogP contribution >= 0.6 is 15.9 Å². The second-order valence-corrected chi connectivity index (χ2v) is 7.04. The molecule has 1 N–H and O–H groups in total. The Balaban J connectivity index is 1.74. The molecular formula is C19H20BrN3O2. The lowest BCUT2D eigenvalue weighted by Crippen LogP contribution is -2.19. The van der Waals surface area contributed by atoms with Gasteiger partial charge in [0.15, 0.2) is 0 Å². The number of anilines is 1. The molecule has 6 heteroatoms. The number of nitrogens with one attached hydrogen (secondary N) is 1. The van der Waals surface area contributed by atoms with Crippen molar-refractivity contribution in [2.75, 3.05) is 25.6 Å². The third-order valence-electron chi connectivity index (χ3n) is 4.47. The molecule has 0 bridgehead atoms. The van der Waals surface area contributed by atoms with E-state index in [1.54, 1.807) is 7.11 Å². The largest absolute Gasteiger partial charge is 0.497 e. The fraction of sp³-hybridized carbons (Fsp3) is 0.316. The number of pyridine rings is 1. The number of hydrogen-bond acceptors (Lipinski definition) is 4. The molecule has 1 atom stereocenters. The Morgan fingerprint density at radius 2 is 2.12 bits per heavy atom. The summed E-state index contributed by atoms with van der Waals surface area (Å²) in [5, 5.41) is 3.56. The van der Waals surface area contributed by atoms with Gasteiger partial charge in [-0.1, -0.05) is 0 Å². The number of benzene rings is 1. The van der Waals surface area contributed by atoms with Gasteiger partial charge in [0.2, 0.25) is 0 Å². The van der Waals surface area contributed by atoms with Crippen LogP contribution in [0, 0.1) is 0 Å². The highest BCUT2D eigenvalue weighted by Crippen LogP contribution is 2.31. The van der Waals surface area contributed by atoms with Crippen molar-refractivity contribution in [2.24, 2.45) is 0 Å². The molecule has 1 aromatic carbocycles. The average molecular weight is 402 g/mol. The summed E-state index contributed by atoms with van der Waals surface area (Å²) in [5.74, 6) is 1.82. The number of methoxy groups -OCH3 is 1. The van der Waals surface area contributed by atoms with Crippen LogP contribution in [0.1, 0.15) is 12.8 Å². The van der Waals surface area contributed by atoms with Crippen LogP contribution in [0.2, 0.25) is 0 Å². The number of halogens is 1. The molecule has 0 spiro atoms. The summed E-state index contributed by atoms with van der Waals surface area (Å²) in [4.78, 5) is 4.82. The first-order valence-corrected chi connectivity index (χ1v) is 9.21. The van der Waals surface area contributed by atoms with Gasteiger partial charge in [0.25, 0.3) is 0 Å². The Bertz CT molecular complexity index is 870. The maximum Gasteiger partial charge on any atom is 0.139 e. The summed E-state index contributed by atoms with van der Waals surface area (Å²) in [5.41, 5.74) is 2.89. The van der Waals surface area contributed by atoms with Crippen molar-refractivity contribution < 1.29 is 9.47 Å². The highest BCUT2D eigenvalue weighted by Gasteiger charge is 2.19. The standard InChI is InChI=1S/C19H20BrN3O2/c1-24-15-7-4-13(5-8-15)18-19(21-11-16-3-2-10-25-16)23-12-14(20)6-9-17(23)22-18/h4-9,12,16,21H,2-3,10-11H2,1H3/t16-/m1/s1. The van der Waals surface area contributed by atoms with E-state index in [4.69, 9.17) is 14.5 Å². The molecule has 1 aliphatic rings. The minimum atomic E-state index is 0.265. The molecule has 5 nitrogen and oxygen atoms in total. The highest BCUT2D eigenvalue weighted by molar-refractivity contribution is 9.10. The van der Waals surface area contributed by atoms with Crippen LogP contribution in [0.15, 0.2) is 47.1 Å². The zero-order valence-corrected chi connectivity index (χ0v) is 15.6. The number of hydrogen-bond donors (Lipinski definition) is 1. The van der Waals surface area contributed by atoms with Crippen LogP contribution in [-0.4, -0.2) is 35.8 Å². The summed E-state index contributed by atoms with van der Waals surface area (Å²) < 4.78 is 14.1. The Morgan fingerprint density at radius 1 is 1.28 bits per heavy atom. The van der Waals surface area contributed by atoms with Gasteiger partial charge in [-0.15, -0.1) is 0 Å². The van der Waals surface area contributed by atoms with Crippen molar-refractivity contribution in [1.29, 1.82) is 0 Å². The van der Waals surface area contributed by atoms with E-state index in [-0.39, 0.29) is 6.10 Å². The third-order valence-corrected chi connectivity index (χ3v) is 4.94. The molecule has 0 radical (unpaired) electrons. The molecule has 3 aromatic rings. The van der Waals surface area contributed by atoms with Crippen LogP contribution < -0.4 is 10.1 Å². The van der Waals surface area contributed by atoms with E-state index < -0.39 is 0 Å². The van der Waals surface area contributed by atoms with Gasteiger partial charge in [0.05, 0.1) is 13.2 Å². The first-order chi connectivity index (χ1) is 12.2. The number of imidazole rings is 1. The smallest absolute Gasteiger partial charge is 0.139 e. The zero-order valence-electron chi connectivity index (χ0n) is 14.0. The summed E-state index contributed by atoms with van der Waals surface area (Å²) >= 11 is 3.55. The fourth-order valence-corrected chi connectivity index (χ4v) is 3.49. The van der Waals surface area contributed by atoms with E-state index in [1.807, 2.05) is 42.6 Å². The van der Waals surface area contributed by atoms with Crippen LogP contribution in [-0.2, 0) is 4.74 Å². The number of fused-ring (bicyclic) bond motifs is 1. The van der Waals surface area contributed by atoms with Crippen LogP contribution in [0.4, 0.5) is 5.82 Å². The normalized spacial score (nSPS) is 17.1. The predicted octanol–water partition coefficient (Wildman–Crippen LogP) is 4.36. The third kappa shape index (κ3) is 3.37. The van der Waals surface area contributed by atoms with E-state index in [0.29, 0.717) is 0 Å². The minimum Gasteiger partial charge on any atom is -0.497 e. The van der Waals surface area contributed by atoms with Gasteiger partial charge in [-0.2, -0.15) is 0 Å². The summed E-state index contributed by atoms with van der Waals surface area (Å²) in [7, 11) is 1.67. The van der Waals surface area contributed by atoms with Gasteiger partial charge in [-0.3, -0.25) is 4.40 Å². The fourth-order valence-electron chi connectivity index (χ4n) is 3.15. The van der Waals surface area contributed by atoms with Gasteiger partial charge in [0, 0.05) is 29.4 Å². The zero-order chi connectivity index (χ0) is 17.2. The summed E-state index contributed by atoms with van der Waals surface area (Å²) in [6.07, 6.45) is 4.54. The van der Waals surface area contributed by atoms with Gasteiger partial charge in [0.1, 0.15) is 22.9 Å². The van der Waals surface area contributed by atoms with E-state index in [1.165, 1.54) is 0 Å². The van der Waals surface area contributed by atoms with E-state index in [2.05, 4.69) is 25.6 Å². The minimum absolute atomic E-state index is 0.265. The molecule has 0 aliphatic carbocycles. The van der Waals surface area contributed by atoms with Crippen LogP contribution in [0.3, 0.4) is 0 Å². The molecule has 0 unspecified atom stereocenters. The lowest BCUT2D eigenvalue weighted by molar-refractivity contribution is 0.120. The van der Waals surface area contributed by atoms with Crippen molar-refractivity contribution in [2.45, 2.75) is 18.9 Å². The molecule has 1 aliphatic heterocycles. The average Bonchev–Trinajstić information content (AvgIpc) is 3.27. The van der Waals surface area contributed by atoms with E-state index >= 15 is 0 Å². The Kier molecular flexibility index (Phi) is 4.63. The van der Waals surface area contributed by atoms with Gasteiger partial charge in [-0.25, -0.2) is 4.98 Å². The molecular weight excluding hydrogens is 382 g/mol. The van der Waals surface area contributed by atoms with Crippen molar-refractivity contribution in [3.05, 3.63) is 47.1 Å². The molecule has 0 amide bonds. The van der Waals surface area contributed by atoms with Gasteiger partial charge in [-0.05, 0) is 65.2 Å². The van der Waals surface area contributed by atoms with Crippen molar-refractivity contribution >= 4 is 27.4 Å². The number of ether oxygens (including phenoxy) is 2. The topological polar surface area (TPSA) is 47.8 Å². The lowest BCUT2D eigenvalue weighted by atomic mass is 10.1. The summed E-state index contributed by atoms with van der Waals surface area (Å²) in [6, 6.07) is 12.0. The van der Waals surface area contributed by atoms with E-state index in [0.717, 1.165) is 58.9 Å². The SMILES string of the molecule is COc1ccc(-c2nc3ccc(Br)cn3c2NC[C@H]2CCCO2)cc1. The first kappa shape index (κ1) is 16.4. The Morgan fingerprint density at radius 3 is 2.84 bits per heavy atom. The summed E-state index contributed by atoms with van der Waals surface area (Å²) in [6.45, 7) is 1.64. The second kappa shape index (κ2) is 7.06. The molecule has 1 fully saturated rings. The molecule has 4 rings (SSSR count). The monoisotopic (exact) mass is 401 g/mol. The maximum atomic E-state index is 5.74. The number of aromatic nitrogens is 2. The Labute approximate surface area is 155 Å². The van der Waals surface area contributed by atoms with Crippen LogP contribution in [0.5, 0.6) is 5.75 Å². The molecule has 130 valence electrons. The molecule has 3 heterocycles. The molecule has 1 saturated heterocycles. The molecule has 25 heavy (non-hydrogen) atoms. The maximum absolute atomic E-state index is 5.74. The number of nitrogens with zero attached hydrogens (tertiary/aromatic N) is 2. The molecule has 2 aromatic heterocycles. The number of rotatable bonds is 5. The van der Waals surface area contributed by atoms with Crippen molar-refractivity contribution in [3.63, 3.8) is 0 Å². The van der Waals surface area contributed by atoms with Gasteiger partial charge >= 0.3 is 0 Å². The van der Waals surface area contributed by atoms with Gasteiger partial charge < -0.3 is 14.8 Å².